The van der Waals surface area contributed by atoms with Gasteiger partial charge in [0, 0.05) is 11.1 Å². The lowest BCUT2D eigenvalue weighted by Crippen LogP contribution is -2.18. The van der Waals surface area contributed by atoms with Crippen LogP contribution < -0.4 is 10.6 Å². The highest BCUT2D eigenvalue weighted by atomic mass is 32.2. The van der Waals surface area contributed by atoms with Crippen molar-refractivity contribution < 1.29 is 4.79 Å². The Morgan fingerprint density at radius 3 is 2.53 bits per heavy atom. The van der Waals surface area contributed by atoms with Crippen LogP contribution in [0.1, 0.15) is 11.1 Å². The highest BCUT2D eigenvalue weighted by Gasteiger charge is 2.30. The van der Waals surface area contributed by atoms with Crippen LogP contribution in [0.3, 0.4) is 0 Å². The molecule has 0 atom stereocenters. The molecule has 3 N–H and O–H groups in total. The lowest BCUT2D eigenvalue weighted by Gasteiger charge is -2.03. The fraction of sp³-hybridized carbons (Fsp3) is 0. The van der Waals surface area contributed by atoms with Gasteiger partial charge in [-0.25, -0.2) is 0 Å². The van der Waals surface area contributed by atoms with E-state index < -0.39 is 0 Å². The van der Waals surface area contributed by atoms with Crippen LogP contribution in [0.5, 0.6) is 0 Å². The van der Waals surface area contributed by atoms with E-state index in [4.69, 9.17) is 17.6 Å². The average molecular weight is 261 g/mol. The standard InChI is InChI=1S/C11H7N3OS2/c12-9-6-4-2-1-3-5(6)7(13-9)8-10(16)14-11(15)17-8/h1-4H,(H2,12,13)(H,14,15,16). The van der Waals surface area contributed by atoms with Crippen molar-refractivity contribution in [1.82, 2.24) is 10.6 Å². The van der Waals surface area contributed by atoms with Crippen LogP contribution >= 0.6 is 24.0 Å². The van der Waals surface area contributed by atoms with E-state index in [1.165, 1.54) is 0 Å². The summed E-state index contributed by atoms with van der Waals surface area (Å²) in [5.41, 5.74) is 2.50. The first-order valence-electron chi connectivity index (χ1n) is 4.89. The van der Waals surface area contributed by atoms with Gasteiger partial charge in [0.25, 0.3) is 5.24 Å². The molecule has 1 aromatic rings. The van der Waals surface area contributed by atoms with Gasteiger partial charge in [-0.1, -0.05) is 36.5 Å². The summed E-state index contributed by atoms with van der Waals surface area (Å²) in [6.45, 7) is 0. The first kappa shape index (κ1) is 10.5. The van der Waals surface area contributed by atoms with Gasteiger partial charge in [-0.15, -0.1) is 0 Å². The number of amides is 1. The Labute approximate surface area is 107 Å². The molecule has 2 heterocycles. The summed E-state index contributed by atoms with van der Waals surface area (Å²) in [6.07, 6.45) is 0. The fourth-order valence-corrected chi connectivity index (χ4v) is 2.97. The van der Waals surface area contributed by atoms with E-state index in [2.05, 4.69) is 10.6 Å². The van der Waals surface area contributed by atoms with Gasteiger partial charge in [-0.05, 0) is 11.8 Å². The van der Waals surface area contributed by atoms with Gasteiger partial charge < -0.3 is 10.6 Å². The highest BCUT2D eigenvalue weighted by molar-refractivity contribution is 8.19. The van der Waals surface area contributed by atoms with Crippen molar-refractivity contribution >= 4 is 45.7 Å². The summed E-state index contributed by atoms with van der Waals surface area (Å²) >= 11 is 6.17. The third-order valence-electron chi connectivity index (χ3n) is 2.56. The zero-order chi connectivity index (χ0) is 12.0. The second-order valence-electron chi connectivity index (χ2n) is 3.59. The van der Waals surface area contributed by atoms with Crippen molar-refractivity contribution in [2.75, 3.05) is 0 Å². The summed E-state index contributed by atoms with van der Waals surface area (Å²) in [4.78, 5) is 12.4. The topological polar surface area (TPSA) is 65.0 Å². The molecular weight excluding hydrogens is 254 g/mol. The third kappa shape index (κ3) is 1.57. The summed E-state index contributed by atoms with van der Waals surface area (Å²) in [7, 11) is 0. The van der Waals surface area contributed by atoms with Crippen molar-refractivity contribution in [3.8, 4) is 0 Å². The minimum atomic E-state index is -0.171. The van der Waals surface area contributed by atoms with Crippen LogP contribution in [0.25, 0.3) is 5.70 Å². The lowest BCUT2D eigenvalue weighted by molar-refractivity contribution is 0.265. The molecule has 0 saturated carbocycles. The van der Waals surface area contributed by atoms with Crippen LogP contribution in [-0.4, -0.2) is 16.1 Å². The summed E-state index contributed by atoms with van der Waals surface area (Å²) in [5.74, 6) is 0.339. The van der Waals surface area contributed by atoms with Crippen LogP contribution in [0, 0.1) is 5.41 Å². The van der Waals surface area contributed by atoms with Crippen molar-refractivity contribution in [2.24, 2.45) is 0 Å². The molecule has 0 radical (unpaired) electrons. The largest absolute Gasteiger partial charge is 0.339 e. The van der Waals surface area contributed by atoms with Crippen LogP contribution in [-0.2, 0) is 0 Å². The van der Waals surface area contributed by atoms with E-state index >= 15 is 0 Å². The Morgan fingerprint density at radius 1 is 1.18 bits per heavy atom. The molecule has 1 amide bonds. The molecule has 3 rings (SSSR count). The van der Waals surface area contributed by atoms with Crippen LogP contribution in [0.2, 0.25) is 0 Å². The van der Waals surface area contributed by atoms with Crippen LogP contribution in [0.4, 0.5) is 4.79 Å². The van der Waals surface area contributed by atoms with E-state index in [1.807, 2.05) is 24.3 Å². The quantitative estimate of drug-likeness (QED) is 0.494. The molecule has 0 spiro atoms. The molecule has 0 aromatic heterocycles. The van der Waals surface area contributed by atoms with Gasteiger partial charge >= 0.3 is 0 Å². The highest BCUT2D eigenvalue weighted by Crippen LogP contribution is 2.35. The second-order valence-corrected chi connectivity index (χ2v) is 4.98. The number of amidine groups is 1. The number of rotatable bonds is 0. The molecule has 6 heteroatoms. The number of fused-ring (bicyclic) bond motifs is 1. The zero-order valence-corrected chi connectivity index (χ0v) is 10.2. The van der Waals surface area contributed by atoms with Crippen molar-refractivity contribution in [1.29, 1.82) is 5.41 Å². The molecule has 0 unspecified atom stereocenters. The Kier molecular flexibility index (Phi) is 2.27. The maximum absolute atomic E-state index is 11.3. The molecule has 1 fully saturated rings. The summed E-state index contributed by atoms with van der Waals surface area (Å²) in [5, 5.41) is 13.2. The number of nitrogens with one attached hydrogen (secondary N) is 3. The minimum Gasteiger partial charge on any atom is -0.339 e. The third-order valence-corrected chi connectivity index (χ3v) is 3.89. The number of thiocarbonyl (C=S) groups is 1. The molecule has 0 aliphatic carbocycles. The number of benzene rings is 1. The van der Waals surface area contributed by atoms with E-state index in [9.17, 15) is 4.79 Å². The van der Waals surface area contributed by atoms with E-state index in [0.717, 1.165) is 28.6 Å². The molecule has 1 saturated heterocycles. The fourth-order valence-electron chi connectivity index (χ4n) is 1.84. The van der Waals surface area contributed by atoms with Gasteiger partial charge in [0.05, 0.1) is 10.6 Å². The first-order chi connectivity index (χ1) is 8.16. The SMILES string of the molecule is N=C1NC(=C2SC(=O)NC2=S)c2ccccc21. The number of thioether (sulfide) groups is 1. The Bertz CT molecular complexity index is 606. The number of carbonyl (C=O) groups excluding carboxylic acids is 1. The maximum atomic E-state index is 11.3. The molecule has 2 aliphatic rings. The van der Waals surface area contributed by atoms with Crippen molar-refractivity contribution in [2.45, 2.75) is 0 Å². The minimum absolute atomic E-state index is 0.171. The molecule has 0 bridgehead atoms. The normalized spacial score (nSPS) is 22.5. The van der Waals surface area contributed by atoms with Gasteiger partial charge in [0.2, 0.25) is 0 Å². The van der Waals surface area contributed by atoms with E-state index in [1.54, 1.807) is 0 Å². The lowest BCUT2D eigenvalue weighted by atomic mass is 10.1. The smallest absolute Gasteiger partial charge is 0.289 e. The van der Waals surface area contributed by atoms with Gasteiger partial charge in [0.15, 0.2) is 0 Å². The van der Waals surface area contributed by atoms with Crippen LogP contribution in [0.15, 0.2) is 29.2 Å². The Hall–Kier alpha value is -1.66. The molecule has 4 nitrogen and oxygen atoms in total. The monoisotopic (exact) mass is 261 g/mol. The van der Waals surface area contributed by atoms with E-state index in [-0.39, 0.29) is 5.24 Å². The van der Waals surface area contributed by atoms with Gasteiger partial charge in [0.1, 0.15) is 10.8 Å². The first-order valence-corrected chi connectivity index (χ1v) is 6.12. The predicted octanol–water partition coefficient (Wildman–Crippen LogP) is 2.07. The molecule has 84 valence electrons. The maximum Gasteiger partial charge on any atom is 0.289 e. The summed E-state index contributed by atoms with van der Waals surface area (Å²) in [6, 6.07) is 7.57. The Morgan fingerprint density at radius 2 is 1.88 bits per heavy atom. The predicted molar refractivity (Wildman–Crippen MR) is 72.0 cm³/mol. The van der Waals surface area contributed by atoms with Gasteiger partial charge in [-0.3, -0.25) is 10.2 Å². The van der Waals surface area contributed by atoms with Crippen molar-refractivity contribution in [3.63, 3.8) is 0 Å². The number of carbonyl (C=O) groups is 1. The second kappa shape index (κ2) is 3.68. The molecule has 17 heavy (non-hydrogen) atoms. The Balaban J connectivity index is 2.19. The summed E-state index contributed by atoms with van der Waals surface area (Å²) < 4.78 is 0. The number of hydrogen-bond acceptors (Lipinski definition) is 4. The van der Waals surface area contributed by atoms with Gasteiger partial charge in [-0.2, -0.15) is 0 Å². The molecule has 1 aromatic carbocycles. The van der Waals surface area contributed by atoms with E-state index in [0.29, 0.717) is 15.7 Å². The zero-order valence-electron chi connectivity index (χ0n) is 8.53. The molecule has 2 aliphatic heterocycles. The number of hydrogen-bond donors (Lipinski definition) is 3. The average Bonchev–Trinajstić information content (AvgIpc) is 2.80. The molecular formula is C11H7N3OS2. The van der Waals surface area contributed by atoms with Crippen molar-refractivity contribution in [3.05, 3.63) is 40.3 Å².